The Morgan fingerprint density at radius 1 is 0.846 bits per heavy atom. The molecule has 1 heteroatoms. The van der Waals surface area contributed by atoms with Crippen molar-refractivity contribution >= 4 is 0 Å². The van der Waals surface area contributed by atoms with E-state index in [0.717, 1.165) is 0 Å². The van der Waals surface area contributed by atoms with E-state index in [1.165, 1.54) is 51.4 Å². The number of hydrogen-bond acceptors (Lipinski definition) is 1. The molecule has 0 saturated heterocycles. The first-order chi connectivity index (χ1) is 6.35. The molecule has 0 unspecified atom stereocenters. The minimum absolute atomic E-state index is 0.520. The van der Waals surface area contributed by atoms with Gasteiger partial charge < -0.3 is 4.74 Å². The van der Waals surface area contributed by atoms with E-state index in [9.17, 15) is 0 Å². The Labute approximate surface area is 83.9 Å². The van der Waals surface area contributed by atoms with Gasteiger partial charge >= 0.3 is 0 Å². The van der Waals surface area contributed by atoms with E-state index in [-0.39, 0.29) is 0 Å². The highest BCUT2D eigenvalue weighted by Gasteiger charge is 2.04. The van der Waals surface area contributed by atoms with Crippen LogP contribution in [0.15, 0.2) is 0 Å². The number of rotatable bonds is 9. The predicted molar refractivity (Wildman–Crippen MR) is 59.1 cm³/mol. The second-order valence-electron chi connectivity index (χ2n) is 3.85. The molecule has 1 atom stereocenters. The maximum absolute atomic E-state index is 5.40. The van der Waals surface area contributed by atoms with E-state index < -0.39 is 0 Å². The normalized spacial score (nSPS) is 13.2. The van der Waals surface area contributed by atoms with Crippen molar-refractivity contribution in [2.75, 3.05) is 7.11 Å². The van der Waals surface area contributed by atoms with Crippen LogP contribution in [0.5, 0.6) is 0 Å². The fourth-order valence-corrected chi connectivity index (χ4v) is 1.68. The summed E-state index contributed by atoms with van der Waals surface area (Å²) >= 11 is 0. The van der Waals surface area contributed by atoms with Gasteiger partial charge in [0.05, 0.1) is 6.10 Å². The molecule has 0 aromatic heterocycles. The molecular weight excluding hydrogens is 160 g/mol. The van der Waals surface area contributed by atoms with Crippen molar-refractivity contribution in [3.05, 3.63) is 0 Å². The Morgan fingerprint density at radius 3 is 2.08 bits per heavy atom. The van der Waals surface area contributed by atoms with Crippen molar-refractivity contribution in [3.63, 3.8) is 0 Å². The highest BCUT2D eigenvalue weighted by Crippen LogP contribution is 2.12. The molecule has 0 spiro atoms. The van der Waals surface area contributed by atoms with E-state index in [2.05, 4.69) is 13.8 Å². The Bertz CT molecular complexity index is 91.1. The van der Waals surface area contributed by atoms with Crippen LogP contribution in [0.4, 0.5) is 0 Å². The van der Waals surface area contributed by atoms with Crippen LogP contribution >= 0.6 is 0 Å². The van der Waals surface area contributed by atoms with Crippen molar-refractivity contribution in [3.8, 4) is 0 Å². The quantitative estimate of drug-likeness (QED) is 0.491. The molecule has 0 fully saturated rings. The zero-order valence-electron chi connectivity index (χ0n) is 9.64. The lowest BCUT2D eigenvalue weighted by atomic mass is 10.1. The van der Waals surface area contributed by atoms with Gasteiger partial charge in [0.1, 0.15) is 0 Å². The van der Waals surface area contributed by atoms with Gasteiger partial charge in [-0.25, -0.2) is 0 Å². The molecule has 0 amide bonds. The van der Waals surface area contributed by atoms with Gasteiger partial charge in [-0.1, -0.05) is 52.4 Å². The molecule has 0 aliphatic rings. The zero-order valence-corrected chi connectivity index (χ0v) is 9.64. The van der Waals surface area contributed by atoms with Crippen LogP contribution < -0.4 is 0 Å². The molecule has 0 radical (unpaired) electrons. The molecule has 0 aliphatic heterocycles. The molecule has 0 rings (SSSR count). The molecule has 0 aromatic carbocycles. The van der Waals surface area contributed by atoms with Gasteiger partial charge in [0.2, 0.25) is 0 Å². The van der Waals surface area contributed by atoms with E-state index in [1.807, 2.05) is 7.11 Å². The van der Waals surface area contributed by atoms with Gasteiger partial charge in [-0.3, -0.25) is 0 Å². The molecular formula is C12H26O. The average Bonchev–Trinajstić information content (AvgIpc) is 2.16. The second-order valence-corrected chi connectivity index (χ2v) is 3.85. The molecule has 0 bridgehead atoms. The van der Waals surface area contributed by atoms with Gasteiger partial charge in [-0.2, -0.15) is 0 Å². The van der Waals surface area contributed by atoms with Gasteiger partial charge in [0.15, 0.2) is 0 Å². The lowest BCUT2D eigenvalue weighted by Crippen LogP contribution is -2.09. The van der Waals surface area contributed by atoms with Crippen molar-refractivity contribution in [2.45, 2.75) is 71.3 Å². The SMILES string of the molecule is CCCCCCC[C@H](CCC)OC. The largest absolute Gasteiger partial charge is 0.381 e. The summed E-state index contributed by atoms with van der Waals surface area (Å²) in [5.41, 5.74) is 0. The third kappa shape index (κ3) is 8.29. The smallest absolute Gasteiger partial charge is 0.0571 e. The van der Waals surface area contributed by atoms with Crippen molar-refractivity contribution in [2.24, 2.45) is 0 Å². The van der Waals surface area contributed by atoms with Gasteiger partial charge in [-0.05, 0) is 12.8 Å². The Kier molecular flexibility index (Phi) is 10.0. The second kappa shape index (κ2) is 10.0. The summed E-state index contributed by atoms with van der Waals surface area (Å²) in [4.78, 5) is 0. The number of ether oxygens (including phenoxy) is 1. The third-order valence-electron chi connectivity index (χ3n) is 2.57. The molecule has 0 aromatic rings. The fourth-order valence-electron chi connectivity index (χ4n) is 1.68. The van der Waals surface area contributed by atoms with Crippen LogP contribution in [-0.2, 0) is 4.74 Å². The zero-order chi connectivity index (χ0) is 9.94. The monoisotopic (exact) mass is 186 g/mol. The lowest BCUT2D eigenvalue weighted by Gasteiger charge is -2.13. The number of hydrogen-bond donors (Lipinski definition) is 0. The van der Waals surface area contributed by atoms with Gasteiger partial charge in [0, 0.05) is 7.11 Å². The van der Waals surface area contributed by atoms with E-state index >= 15 is 0 Å². The summed E-state index contributed by atoms with van der Waals surface area (Å²) in [5, 5.41) is 0. The Morgan fingerprint density at radius 2 is 1.54 bits per heavy atom. The molecule has 0 aliphatic carbocycles. The van der Waals surface area contributed by atoms with Crippen molar-refractivity contribution < 1.29 is 4.74 Å². The standard InChI is InChI=1S/C12H26O/c1-4-6-7-8-9-11-12(13-3)10-5-2/h12H,4-11H2,1-3H3/t12-/m0/s1. The van der Waals surface area contributed by atoms with Crippen LogP contribution in [0.1, 0.15) is 65.2 Å². The topological polar surface area (TPSA) is 9.23 Å². The van der Waals surface area contributed by atoms with E-state index in [0.29, 0.717) is 6.10 Å². The van der Waals surface area contributed by atoms with Crippen LogP contribution in [-0.4, -0.2) is 13.2 Å². The average molecular weight is 186 g/mol. The first-order valence-electron chi connectivity index (χ1n) is 5.87. The van der Waals surface area contributed by atoms with Crippen LogP contribution in [0.2, 0.25) is 0 Å². The van der Waals surface area contributed by atoms with Crippen LogP contribution in [0.3, 0.4) is 0 Å². The summed E-state index contributed by atoms with van der Waals surface area (Å²) in [7, 11) is 1.84. The van der Waals surface area contributed by atoms with Crippen molar-refractivity contribution in [1.29, 1.82) is 0 Å². The van der Waals surface area contributed by atoms with Crippen LogP contribution in [0.25, 0.3) is 0 Å². The summed E-state index contributed by atoms with van der Waals surface area (Å²) in [6.45, 7) is 4.48. The summed E-state index contributed by atoms with van der Waals surface area (Å²) in [6, 6.07) is 0. The predicted octanol–water partition coefficient (Wildman–Crippen LogP) is 4.16. The molecule has 0 N–H and O–H groups in total. The van der Waals surface area contributed by atoms with Gasteiger partial charge in [0.25, 0.3) is 0 Å². The summed E-state index contributed by atoms with van der Waals surface area (Å²) < 4.78 is 5.40. The fraction of sp³-hybridized carbons (Fsp3) is 1.00. The van der Waals surface area contributed by atoms with Crippen LogP contribution in [0, 0.1) is 0 Å². The highest BCUT2D eigenvalue weighted by atomic mass is 16.5. The summed E-state index contributed by atoms with van der Waals surface area (Å²) in [6.07, 6.45) is 11.1. The van der Waals surface area contributed by atoms with E-state index in [4.69, 9.17) is 4.74 Å². The number of methoxy groups -OCH3 is 1. The molecule has 13 heavy (non-hydrogen) atoms. The third-order valence-corrected chi connectivity index (χ3v) is 2.57. The first kappa shape index (κ1) is 13.0. The highest BCUT2D eigenvalue weighted by molar-refractivity contribution is 4.56. The summed E-state index contributed by atoms with van der Waals surface area (Å²) in [5.74, 6) is 0. The maximum Gasteiger partial charge on any atom is 0.0571 e. The first-order valence-corrected chi connectivity index (χ1v) is 5.87. The molecule has 0 heterocycles. The molecule has 1 nitrogen and oxygen atoms in total. The van der Waals surface area contributed by atoms with E-state index in [1.54, 1.807) is 0 Å². The van der Waals surface area contributed by atoms with Crippen molar-refractivity contribution in [1.82, 2.24) is 0 Å². The number of unbranched alkanes of at least 4 members (excludes halogenated alkanes) is 4. The minimum atomic E-state index is 0.520. The molecule has 0 saturated carbocycles. The molecule has 80 valence electrons. The lowest BCUT2D eigenvalue weighted by molar-refractivity contribution is 0.0849. The Balaban J connectivity index is 3.17. The minimum Gasteiger partial charge on any atom is -0.381 e. The van der Waals surface area contributed by atoms with Gasteiger partial charge in [-0.15, -0.1) is 0 Å². The Hall–Kier alpha value is -0.0400. The maximum atomic E-state index is 5.40.